The van der Waals surface area contributed by atoms with Crippen LogP contribution in [0.5, 0.6) is 5.75 Å². The maximum atomic E-state index is 5.29. The van der Waals surface area contributed by atoms with E-state index in [1.807, 2.05) is 19.1 Å². The molecule has 27 heavy (non-hydrogen) atoms. The zero-order valence-electron chi connectivity index (χ0n) is 15.9. The predicted molar refractivity (Wildman–Crippen MR) is 110 cm³/mol. The lowest BCUT2D eigenvalue weighted by molar-refractivity contribution is 0.194. The van der Waals surface area contributed by atoms with Crippen LogP contribution in [0, 0.1) is 6.92 Å². The van der Waals surface area contributed by atoms with Crippen molar-refractivity contribution < 1.29 is 9.47 Å². The van der Waals surface area contributed by atoms with E-state index >= 15 is 0 Å². The zero-order valence-corrected chi connectivity index (χ0v) is 16.7. The van der Waals surface area contributed by atoms with Crippen LogP contribution in [0.4, 0.5) is 0 Å². The molecule has 0 atom stereocenters. The Morgan fingerprint density at radius 1 is 1.07 bits per heavy atom. The number of thiophene rings is 1. The molecule has 0 saturated carbocycles. The minimum absolute atomic E-state index is 0.734. The topological polar surface area (TPSA) is 49.2 Å². The van der Waals surface area contributed by atoms with Crippen molar-refractivity contribution in [2.24, 2.45) is 0 Å². The number of methoxy groups -OCH3 is 2. The Bertz CT molecular complexity index is 1070. The number of hydrogen-bond acceptors (Lipinski definition) is 5. The summed E-state index contributed by atoms with van der Waals surface area (Å²) >= 11 is 1.73. The van der Waals surface area contributed by atoms with Crippen LogP contribution in [-0.4, -0.2) is 35.4 Å². The first-order valence-corrected chi connectivity index (χ1v) is 9.94. The highest BCUT2D eigenvalue weighted by Gasteiger charge is 2.17. The van der Waals surface area contributed by atoms with Gasteiger partial charge in [-0.15, -0.1) is 11.3 Å². The molecule has 0 saturated heterocycles. The number of aryl methyl sites for hydroxylation is 2. The molecule has 0 radical (unpaired) electrons. The van der Waals surface area contributed by atoms with Gasteiger partial charge in [0.15, 0.2) is 0 Å². The van der Waals surface area contributed by atoms with E-state index in [-0.39, 0.29) is 0 Å². The van der Waals surface area contributed by atoms with Crippen LogP contribution in [0.1, 0.15) is 23.5 Å². The number of ether oxygens (including phenoxy) is 2. The van der Waals surface area contributed by atoms with Crippen LogP contribution in [-0.2, 0) is 17.7 Å². The summed E-state index contributed by atoms with van der Waals surface area (Å²) in [5, 5.41) is 2.10. The summed E-state index contributed by atoms with van der Waals surface area (Å²) < 4.78 is 14.1. The summed E-state index contributed by atoms with van der Waals surface area (Å²) in [6.07, 6.45) is 1.83. The third-order valence-corrected chi connectivity index (χ3v) is 5.70. The number of fused-ring (bicyclic) bond motifs is 3. The van der Waals surface area contributed by atoms with Crippen LogP contribution in [0.2, 0.25) is 0 Å². The van der Waals surface area contributed by atoms with Crippen LogP contribution in [0.25, 0.3) is 21.3 Å². The third-order valence-electron chi connectivity index (χ3n) is 4.79. The SMILES string of the molecule is COCCCc1nc2c(C)nc3ccsc3c2n1Cc1ccc(OC)cc1. The van der Waals surface area contributed by atoms with Gasteiger partial charge in [-0.05, 0) is 42.5 Å². The van der Waals surface area contributed by atoms with Crippen molar-refractivity contribution in [3.05, 3.63) is 52.8 Å². The smallest absolute Gasteiger partial charge is 0.118 e. The van der Waals surface area contributed by atoms with Gasteiger partial charge in [0.2, 0.25) is 0 Å². The molecule has 5 nitrogen and oxygen atoms in total. The molecule has 0 aliphatic rings. The molecule has 0 unspecified atom stereocenters. The van der Waals surface area contributed by atoms with E-state index in [1.165, 1.54) is 15.8 Å². The molecule has 4 aromatic rings. The number of benzene rings is 1. The molecule has 0 bridgehead atoms. The molecular weight excluding hydrogens is 358 g/mol. The second kappa shape index (κ2) is 7.66. The van der Waals surface area contributed by atoms with Gasteiger partial charge in [-0.25, -0.2) is 9.97 Å². The summed E-state index contributed by atoms with van der Waals surface area (Å²) in [4.78, 5) is 9.71. The number of nitrogens with zero attached hydrogens (tertiary/aromatic N) is 3. The molecular formula is C21H23N3O2S. The van der Waals surface area contributed by atoms with Gasteiger partial charge >= 0.3 is 0 Å². The van der Waals surface area contributed by atoms with Gasteiger partial charge in [0, 0.05) is 26.7 Å². The highest BCUT2D eigenvalue weighted by atomic mass is 32.1. The van der Waals surface area contributed by atoms with Crippen molar-refractivity contribution in [3.8, 4) is 5.75 Å². The Morgan fingerprint density at radius 3 is 2.63 bits per heavy atom. The van der Waals surface area contributed by atoms with E-state index < -0.39 is 0 Å². The van der Waals surface area contributed by atoms with Gasteiger partial charge in [-0.1, -0.05) is 12.1 Å². The van der Waals surface area contributed by atoms with E-state index in [2.05, 4.69) is 28.1 Å². The van der Waals surface area contributed by atoms with Gasteiger partial charge < -0.3 is 14.0 Å². The van der Waals surface area contributed by atoms with Crippen LogP contribution >= 0.6 is 11.3 Å². The molecule has 0 N–H and O–H groups in total. The second-order valence-electron chi connectivity index (χ2n) is 6.59. The summed E-state index contributed by atoms with van der Waals surface area (Å²) in [6, 6.07) is 10.3. The fourth-order valence-electron chi connectivity index (χ4n) is 3.43. The molecule has 1 aromatic carbocycles. The lowest BCUT2D eigenvalue weighted by Crippen LogP contribution is -2.06. The number of hydrogen-bond donors (Lipinski definition) is 0. The van der Waals surface area contributed by atoms with E-state index in [1.54, 1.807) is 25.6 Å². The van der Waals surface area contributed by atoms with E-state index in [0.29, 0.717) is 0 Å². The Kier molecular flexibility index (Phi) is 5.09. The molecule has 140 valence electrons. The molecule has 0 spiro atoms. The van der Waals surface area contributed by atoms with Gasteiger partial charge in [0.1, 0.15) is 17.1 Å². The van der Waals surface area contributed by atoms with Gasteiger partial charge in [-0.3, -0.25) is 0 Å². The third kappa shape index (κ3) is 3.42. The van der Waals surface area contributed by atoms with E-state index in [0.717, 1.165) is 54.3 Å². The van der Waals surface area contributed by atoms with Crippen molar-refractivity contribution in [1.82, 2.24) is 14.5 Å². The molecule has 4 rings (SSSR count). The van der Waals surface area contributed by atoms with Crippen molar-refractivity contribution >= 4 is 32.6 Å². The summed E-state index contributed by atoms with van der Waals surface area (Å²) in [7, 11) is 3.43. The number of pyridine rings is 1. The second-order valence-corrected chi connectivity index (χ2v) is 7.50. The van der Waals surface area contributed by atoms with Crippen LogP contribution < -0.4 is 4.74 Å². The zero-order chi connectivity index (χ0) is 18.8. The molecule has 0 amide bonds. The monoisotopic (exact) mass is 381 g/mol. The molecule has 0 fully saturated rings. The largest absolute Gasteiger partial charge is 0.497 e. The first-order valence-electron chi connectivity index (χ1n) is 9.06. The van der Waals surface area contributed by atoms with Crippen molar-refractivity contribution in [2.45, 2.75) is 26.3 Å². The average molecular weight is 382 g/mol. The summed E-state index contributed by atoms with van der Waals surface area (Å²) in [5.41, 5.74) is 5.45. The predicted octanol–water partition coefficient (Wildman–Crippen LogP) is 4.59. The van der Waals surface area contributed by atoms with E-state index in [4.69, 9.17) is 19.4 Å². The average Bonchev–Trinajstić information content (AvgIpc) is 3.28. The fraction of sp³-hybridized carbons (Fsp3) is 0.333. The molecule has 3 heterocycles. The number of rotatable bonds is 7. The lowest BCUT2D eigenvalue weighted by Gasteiger charge is -2.11. The minimum Gasteiger partial charge on any atom is -0.497 e. The maximum Gasteiger partial charge on any atom is 0.118 e. The highest BCUT2D eigenvalue weighted by Crippen LogP contribution is 2.32. The quantitative estimate of drug-likeness (QED) is 0.439. The molecule has 6 heteroatoms. The first kappa shape index (κ1) is 17.9. The van der Waals surface area contributed by atoms with Gasteiger partial charge in [0.05, 0.1) is 28.5 Å². The van der Waals surface area contributed by atoms with Crippen molar-refractivity contribution in [3.63, 3.8) is 0 Å². The summed E-state index contributed by atoms with van der Waals surface area (Å²) in [6.45, 7) is 3.56. The molecule has 0 aliphatic carbocycles. The first-order chi connectivity index (χ1) is 13.2. The Balaban J connectivity index is 1.84. The van der Waals surface area contributed by atoms with Crippen molar-refractivity contribution in [1.29, 1.82) is 0 Å². The number of imidazole rings is 1. The summed E-state index contributed by atoms with van der Waals surface area (Å²) in [5.74, 6) is 1.96. The Labute approximate surface area is 162 Å². The Hall–Kier alpha value is -2.44. The Morgan fingerprint density at radius 2 is 1.89 bits per heavy atom. The van der Waals surface area contributed by atoms with Crippen LogP contribution in [0.3, 0.4) is 0 Å². The minimum atomic E-state index is 0.734. The van der Waals surface area contributed by atoms with Gasteiger partial charge in [-0.2, -0.15) is 0 Å². The molecule has 3 aromatic heterocycles. The fourth-order valence-corrected chi connectivity index (χ4v) is 4.32. The lowest BCUT2D eigenvalue weighted by atomic mass is 10.2. The van der Waals surface area contributed by atoms with E-state index in [9.17, 15) is 0 Å². The van der Waals surface area contributed by atoms with Crippen LogP contribution in [0.15, 0.2) is 35.7 Å². The maximum absolute atomic E-state index is 5.29. The van der Waals surface area contributed by atoms with Crippen molar-refractivity contribution in [2.75, 3.05) is 20.8 Å². The number of aromatic nitrogens is 3. The highest BCUT2D eigenvalue weighted by molar-refractivity contribution is 7.18. The van der Waals surface area contributed by atoms with Gasteiger partial charge in [0.25, 0.3) is 0 Å². The normalized spacial score (nSPS) is 11.5. The standard InChI is InChI=1S/C21H23N3O2S/c1-14-19-20(21-17(22-14)10-12-27-21)24(18(23-19)5-4-11-25-2)13-15-6-8-16(26-3)9-7-15/h6-10,12H,4-5,11,13H2,1-3H3. The molecule has 0 aliphatic heterocycles.